The molecule has 0 atom stereocenters. The Kier molecular flexibility index (Phi) is 4.15. The maximum absolute atomic E-state index is 12.1. The molecule has 0 bridgehead atoms. The Hall–Kier alpha value is -1.95. The lowest BCUT2D eigenvalue weighted by molar-refractivity contribution is 0.102. The summed E-state index contributed by atoms with van der Waals surface area (Å²) in [4.78, 5) is 22.8. The molecule has 0 aromatic carbocycles. The van der Waals surface area contributed by atoms with E-state index in [9.17, 15) is 4.79 Å². The first-order chi connectivity index (χ1) is 10.2. The molecule has 3 heterocycles. The second-order valence-corrected chi connectivity index (χ2v) is 5.73. The fraction of sp³-hybridized carbons (Fsp3) is 0.267. The van der Waals surface area contributed by atoms with E-state index in [-0.39, 0.29) is 5.91 Å². The third-order valence-corrected chi connectivity index (χ3v) is 3.86. The molecule has 2 aromatic rings. The van der Waals surface area contributed by atoms with E-state index in [2.05, 4.69) is 36.1 Å². The van der Waals surface area contributed by atoms with E-state index in [0.29, 0.717) is 15.9 Å². The zero-order valence-electron chi connectivity index (χ0n) is 11.4. The number of anilines is 2. The molecule has 0 radical (unpaired) electrons. The molecule has 0 spiro atoms. The number of amides is 1. The monoisotopic (exact) mass is 346 g/mol. The summed E-state index contributed by atoms with van der Waals surface area (Å²) in [5.74, 6) is 0.797. The molecule has 2 aromatic heterocycles. The average Bonchev–Trinajstić information content (AvgIpc) is 3.02. The SMILES string of the molecule is O=C(Nc1ccc(N2CCCC2)nc1)c1ccnc(Br)c1. The lowest BCUT2D eigenvalue weighted by Crippen LogP contribution is -2.19. The fourth-order valence-electron chi connectivity index (χ4n) is 2.34. The summed E-state index contributed by atoms with van der Waals surface area (Å²) in [6, 6.07) is 7.19. The largest absolute Gasteiger partial charge is 0.357 e. The number of halogens is 1. The Morgan fingerprint density at radius 3 is 2.67 bits per heavy atom. The van der Waals surface area contributed by atoms with Crippen LogP contribution in [0.4, 0.5) is 11.5 Å². The summed E-state index contributed by atoms with van der Waals surface area (Å²) in [6.07, 6.45) is 5.73. The number of hydrogen-bond acceptors (Lipinski definition) is 4. The fourth-order valence-corrected chi connectivity index (χ4v) is 2.71. The Morgan fingerprint density at radius 1 is 1.19 bits per heavy atom. The van der Waals surface area contributed by atoms with E-state index < -0.39 is 0 Å². The van der Waals surface area contributed by atoms with Gasteiger partial charge in [-0.05, 0) is 53.0 Å². The van der Waals surface area contributed by atoms with Gasteiger partial charge in [0, 0.05) is 24.8 Å². The van der Waals surface area contributed by atoms with Crippen molar-refractivity contribution in [3.63, 3.8) is 0 Å². The van der Waals surface area contributed by atoms with E-state index in [1.165, 1.54) is 12.8 Å². The zero-order valence-corrected chi connectivity index (χ0v) is 13.0. The van der Waals surface area contributed by atoms with Crippen LogP contribution in [-0.2, 0) is 0 Å². The van der Waals surface area contributed by atoms with Gasteiger partial charge in [0.2, 0.25) is 0 Å². The number of nitrogens with zero attached hydrogens (tertiary/aromatic N) is 3. The molecule has 6 heteroatoms. The highest BCUT2D eigenvalue weighted by atomic mass is 79.9. The molecule has 1 aliphatic heterocycles. The normalized spacial score (nSPS) is 14.2. The van der Waals surface area contributed by atoms with Crippen molar-refractivity contribution >= 4 is 33.3 Å². The molecule has 1 saturated heterocycles. The summed E-state index contributed by atoms with van der Waals surface area (Å²) in [6.45, 7) is 2.12. The van der Waals surface area contributed by atoms with Crippen LogP contribution in [0, 0.1) is 0 Å². The molecular weight excluding hydrogens is 332 g/mol. The van der Waals surface area contributed by atoms with Gasteiger partial charge in [-0.2, -0.15) is 0 Å². The third-order valence-electron chi connectivity index (χ3n) is 3.42. The highest BCUT2D eigenvalue weighted by Crippen LogP contribution is 2.19. The average molecular weight is 347 g/mol. The number of carbonyl (C=O) groups excluding carboxylic acids is 1. The first-order valence-corrected chi connectivity index (χ1v) is 7.65. The van der Waals surface area contributed by atoms with Crippen LogP contribution in [0.2, 0.25) is 0 Å². The predicted molar refractivity (Wildman–Crippen MR) is 85.6 cm³/mol. The number of nitrogens with one attached hydrogen (secondary N) is 1. The molecule has 0 unspecified atom stereocenters. The van der Waals surface area contributed by atoms with Crippen molar-refractivity contribution in [1.29, 1.82) is 0 Å². The van der Waals surface area contributed by atoms with E-state index in [4.69, 9.17) is 0 Å². The second kappa shape index (κ2) is 6.22. The minimum absolute atomic E-state index is 0.172. The lowest BCUT2D eigenvalue weighted by Gasteiger charge is -2.16. The third kappa shape index (κ3) is 3.39. The van der Waals surface area contributed by atoms with Gasteiger partial charge in [0.15, 0.2) is 0 Å². The first-order valence-electron chi connectivity index (χ1n) is 6.86. The maximum Gasteiger partial charge on any atom is 0.255 e. The Balaban J connectivity index is 1.68. The number of aromatic nitrogens is 2. The van der Waals surface area contributed by atoms with Gasteiger partial charge in [-0.25, -0.2) is 9.97 Å². The van der Waals surface area contributed by atoms with Gasteiger partial charge in [-0.3, -0.25) is 4.79 Å². The highest BCUT2D eigenvalue weighted by molar-refractivity contribution is 9.10. The predicted octanol–water partition coefficient (Wildman–Crippen LogP) is 3.09. The summed E-state index contributed by atoms with van der Waals surface area (Å²) in [7, 11) is 0. The summed E-state index contributed by atoms with van der Waals surface area (Å²) >= 11 is 3.25. The molecule has 0 aliphatic carbocycles. The van der Waals surface area contributed by atoms with Gasteiger partial charge >= 0.3 is 0 Å². The van der Waals surface area contributed by atoms with Crippen LogP contribution in [0.25, 0.3) is 0 Å². The van der Waals surface area contributed by atoms with Crippen molar-refractivity contribution in [3.05, 3.63) is 46.8 Å². The van der Waals surface area contributed by atoms with Crippen molar-refractivity contribution in [3.8, 4) is 0 Å². The van der Waals surface area contributed by atoms with Crippen LogP contribution in [0.1, 0.15) is 23.2 Å². The minimum Gasteiger partial charge on any atom is -0.357 e. The molecule has 0 saturated carbocycles. The van der Waals surface area contributed by atoms with Gasteiger partial charge in [-0.15, -0.1) is 0 Å². The van der Waals surface area contributed by atoms with Gasteiger partial charge in [0.1, 0.15) is 10.4 Å². The van der Waals surface area contributed by atoms with E-state index in [1.807, 2.05) is 12.1 Å². The van der Waals surface area contributed by atoms with Crippen LogP contribution >= 0.6 is 15.9 Å². The molecule has 1 aliphatic rings. The standard InChI is InChI=1S/C15H15BrN4O/c16-13-9-11(5-6-17-13)15(21)19-12-3-4-14(18-10-12)20-7-1-2-8-20/h3-6,9-10H,1-2,7-8H2,(H,19,21). The molecule has 1 N–H and O–H groups in total. The Labute approximate surface area is 131 Å². The minimum atomic E-state index is -0.172. The molecule has 21 heavy (non-hydrogen) atoms. The van der Waals surface area contributed by atoms with Crippen LogP contribution < -0.4 is 10.2 Å². The summed E-state index contributed by atoms with van der Waals surface area (Å²) in [5.41, 5.74) is 1.25. The van der Waals surface area contributed by atoms with Crippen molar-refractivity contribution in [2.75, 3.05) is 23.3 Å². The van der Waals surface area contributed by atoms with Crippen molar-refractivity contribution in [1.82, 2.24) is 9.97 Å². The van der Waals surface area contributed by atoms with Crippen LogP contribution in [0.5, 0.6) is 0 Å². The molecular formula is C15H15BrN4O. The van der Waals surface area contributed by atoms with Gasteiger partial charge in [0.25, 0.3) is 5.91 Å². The number of carbonyl (C=O) groups is 1. The molecule has 108 valence electrons. The Bertz CT molecular complexity index is 638. The molecule has 5 nitrogen and oxygen atoms in total. The van der Waals surface area contributed by atoms with Crippen LogP contribution in [0.15, 0.2) is 41.3 Å². The van der Waals surface area contributed by atoms with Crippen molar-refractivity contribution in [2.24, 2.45) is 0 Å². The Morgan fingerprint density at radius 2 is 2.00 bits per heavy atom. The first kappa shape index (κ1) is 14.0. The lowest BCUT2D eigenvalue weighted by atomic mass is 10.2. The highest BCUT2D eigenvalue weighted by Gasteiger charge is 2.13. The van der Waals surface area contributed by atoms with Gasteiger partial charge in [0.05, 0.1) is 11.9 Å². The second-order valence-electron chi connectivity index (χ2n) is 4.92. The van der Waals surface area contributed by atoms with Gasteiger partial charge < -0.3 is 10.2 Å². The summed E-state index contributed by atoms with van der Waals surface area (Å²) < 4.78 is 0.637. The topological polar surface area (TPSA) is 58.1 Å². The maximum atomic E-state index is 12.1. The number of pyridine rings is 2. The van der Waals surface area contributed by atoms with Crippen LogP contribution in [0.3, 0.4) is 0 Å². The quantitative estimate of drug-likeness (QED) is 0.867. The number of rotatable bonds is 3. The molecule has 3 rings (SSSR count). The number of hydrogen-bond donors (Lipinski definition) is 1. The molecule has 1 fully saturated rings. The van der Waals surface area contributed by atoms with Crippen molar-refractivity contribution < 1.29 is 4.79 Å². The zero-order chi connectivity index (χ0) is 14.7. The smallest absolute Gasteiger partial charge is 0.255 e. The van der Waals surface area contributed by atoms with Crippen molar-refractivity contribution in [2.45, 2.75) is 12.8 Å². The van der Waals surface area contributed by atoms with E-state index in [0.717, 1.165) is 18.9 Å². The van der Waals surface area contributed by atoms with Crippen LogP contribution in [-0.4, -0.2) is 29.0 Å². The molecule has 1 amide bonds. The van der Waals surface area contributed by atoms with Gasteiger partial charge in [-0.1, -0.05) is 0 Å². The van der Waals surface area contributed by atoms with E-state index >= 15 is 0 Å². The summed E-state index contributed by atoms with van der Waals surface area (Å²) in [5, 5.41) is 2.83. The van der Waals surface area contributed by atoms with E-state index in [1.54, 1.807) is 24.5 Å².